The van der Waals surface area contributed by atoms with Crippen molar-refractivity contribution in [2.75, 3.05) is 6.54 Å². The lowest BCUT2D eigenvalue weighted by atomic mass is 10.3. The fourth-order valence-corrected chi connectivity index (χ4v) is 0.662. The molecule has 0 saturated carbocycles. The van der Waals surface area contributed by atoms with Crippen LogP contribution in [0, 0.1) is 0 Å². The van der Waals surface area contributed by atoms with Gasteiger partial charge < -0.3 is 11.1 Å². The fraction of sp³-hybridized carbons (Fsp3) is 0.455. The van der Waals surface area contributed by atoms with Gasteiger partial charge in [-0.05, 0) is 18.6 Å². The Bertz CT molecular complexity index is 169. The average Bonchev–Trinajstić information content (AvgIpc) is 2.21. The normalized spacial score (nSPS) is 10.4. The van der Waals surface area contributed by atoms with Gasteiger partial charge >= 0.3 is 0 Å². The summed E-state index contributed by atoms with van der Waals surface area (Å²) >= 11 is 0. The second kappa shape index (κ2) is 10.8. The van der Waals surface area contributed by atoms with Gasteiger partial charge in [0.25, 0.3) is 0 Å². The molecule has 0 heterocycles. The Kier molecular flexibility index (Phi) is 11.9. The Morgan fingerprint density at radius 3 is 2.15 bits per heavy atom. The third-order valence-corrected chi connectivity index (χ3v) is 1.30. The highest BCUT2D eigenvalue weighted by Crippen LogP contribution is 1.96. The minimum Gasteiger partial charge on any atom is -0.397 e. The Balaban J connectivity index is 0. The maximum atomic E-state index is 5.60. The van der Waals surface area contributed by atoms with E-state index in [1.54, 1.807) is 12.2 Å². The van der Waals surface area contributed by atoms with Crippen molar-refractivity contribution < 1.29 is 0 Å². The minimum absolute atomic E-state index is 0.647. The molecule has 13 heavy (non-hydrogen) atoms. The van der Waals surface area contributed by atoms with Gasteiger partial charge in [-0.3, -0.25) is 0 Å². The lowest BCUT2D eigenvalue weighted by molar-refractivity contribution is 0.778. The molecule has 0 atom stereocenters. The molecule has 0 aliphatic heterocycles. The third-order valence-electron chi connectivity index (χ3n) is 1.30. The Morgan fingerprint density at radius 2 is 1.85 bits per heavy atom. The molecule has 0 spiro atoms. The molecular formula is C11H22N2. The van der Waals surface area contributed by atoms with Gasteiger partial charge in [-0.2, -0.15) is 0 Å². The highest BCUT2D eigenvalue weighted by molar-refractivity contribution is 5.27. The standard InChI is InChI=1S/C9H16N2.C2H6/c1-4-7-11-9(6-3)8(10)5-2;1-2/h5-6,11H,2-4,7,10H2,1H3;1-2H3/b9-8-;. The molecule has 0 bridgehead atoms. The SMILES string of the molecule is C=C/C(N)=C(\C=C)NCCC.CC. The zero-order valence-electron chi connectivity index (χ0n) is 9.06. The number of hydrogen-bond acceptors (Lipinski definition) is 2. The van der Waals surface area contributed by atoms with E-state index in [0.29, 0.717) is 5.70 Å². The van der Waals surface area contributed by atoms with Gasteiger partial charge in [-0.15, -0.1) is 0 Å². The second-order valence-corrected chi connectivity index (χ2v) is 2.20. The number of allylic oxidation sites excluding steroid dienone is 2. The highest BCUT2D eigenvalue weighted by Gasteiger charge is 1.92. The van der Waals surface area contributed by atoms with Gasteiger partial charge in [0.2, 0.25) is 0 Å². The summed E-state index contributed by atoms with van der Waals surface area (Å²) in [6.07, 6.45) is 4.38. The molecular weight excluding hydrogens is 160 g/mol. The molecule has 0 unspecified atom stereocenters. The summed E-state index contributed by atoms with van der Waals surface area (Å²) in [6, 6.07) is 0. The zero-order chi connectivity index (χ0) is 10.7. The monoisotopic (exact) mass is 182 g/mol. The Labute approximate surface area is 82.2 Å². The van der Waals surface area contributed by atoms with Crippen LogP contribution in [0.5, 0.6) is 0 Å². The molecule has 0 fully saturated rings. The molecule has 2 nitrogen and oxygen atoms in total. The molecule has 0 aromatic carbocycles. The van der Waals surface area contributed by atoms with Crippen LogP contribution in [0.2, 0.25) is 0 Å². The lowest BCUT2D eigenvalue weighted by Gasteiger charge is -2.06. The van der Waals surface area contributed by atoms with E-state index in [4.69, 9.17) is 5.73 Å². The van der Waals surface area contributed by atoms with Crippen LogP contribution in [-0.4, -0.2) is 6.54 Å². The van der Waals surface area contributed by atoms with Crippen molar-refractivity contribution in [3.05, 3.63) is 36.7 Å². The van der Waals surface area contributed by atoms with Crippen LogP contribution in [0.3, 0.4) is 0 Å². The molecule has 0 rings (SSSR count). The molecule has 76 valence electrons. The van der Waals surface area contributed by atoms with Crippen LogP contribution < -0.4 is 11.1 Å². The lowest BCUT2D eigenvalue weighted by Crippen LogP contribution is -2.16. The van der Waals surface area contributed by atoms with Crippen LogP contribution >= 0.6 is 0 Å². The molecule has 3 N–H and O–H groups in total. The van der Waals surface area contributed by atoms with E-state index in [2.05, 4.69) is 25.4 Å². The van der Waals surface area contributed by atoms with Crippen molar-refractivity contribution in [3.8, 4) is 0 Å². The summed E-state index contributed by atoms with van der Waals surface area (Å²) < 4.78 is 0. The van der Waals surface area contributed by atoms with E-state index in [1.165, 1.54) is 0 Å². The topological polar surface area (TPSA) is 38.0 Å². The van der Waals surface area contributed by atoms with Crippen molar-refractivity contribution in [2.24, 2.45) is 5.73 Å². The van der Waals surface area contributed by atoms with Gasteiger partial charge in [-0.25, -0.2) is 0 Å². The van der Waals surface area contributed by atoms with E-state index in [9.17, 15) is 0 Å². The van der Waals surface area contributed by atoms with Crippen LogP contribution in [-0.2, 0) is 0 Å². The van der Waals surface area contributed by atoms with E-state index in [0.717, 1.165) is 18.7 Å². The van der Waals surface area contributed by atoms with Crippen molar-refractivity contribution in [2.45, 2.75) is 27.2 Å². The molecule has 0 amide bonds. The van der Waals surface area contributed by atoms with E-state index in [1.807, 2.05) is 13.8 Å². The first-order chi connectivity index (χ1) is 6.26. The van der Waals surface area contributed by atoms with Gasteiger partial charge in [0, 0.05) is 6.54 Å². The summed E-state index contributed by atoms with van der Waals surface area (Å²) in [5.74, 6) is 0. The zero-order valence-corrected chi connectivity index (χ0v) is 9.06. The molecule has 0 saturated heterocycles. The van der Waals surface area contributed by atoms with Crippen LogP contribution in [0.25, 0.3) is 0 Å². The summed E-state index contributed by atoms with van der Waals surface area (Å²) in [5, 5.41) is 3.14. The molecule has 0 aromatic heterocycles. The molecule has 0 aromatic rings. The smallest absolute Gasteiger partial charge is 0.0567 e. The molecule has 0 aliphatic rings. The number of hydrogen-bond donors (Lipinski definition) is 2. The van der Waals surface area contributed by atoms with Crippen molar-refractivity contribution in [1.82, 2.24) is 5.32 Å². The first kappa shape index (κ1) is 14.3. The van der Waals surface area contributed by atoms with Gasteiger partial charge in [-0.1, -0.05) is 33.9 Å². The van der Waals surface area contributed by atoms with Gasteiger partial charge in [0.15, 0.2) is 0 Å². The second-order valence-electron chi connectivity index (χ2n) is 2.20. The van der Waals surface area contributed by atoms with Crippen LogP contribution in [0.1, 0.15) is 27.2 Å². The fourth-order valence-electron chi connectivity index (χ4n) is 0.662. The van der Waals surface area contributed by atoms with Crippen molar-refractivity contribution in [3.63, 3.8) is 0 Å². The van der Waals surface area contributed by atoms with Crippen LogP contribution in [0.15, 0.2) is 36.7 Å². The predicted molar refractivity (Wildman–Crippen MR) is 61.2 cm³/mol. The summed E-state index contributed by atoms with van der Waals surface area (Å²) in [4.78, 5) is 0. The minimum atomic E-state index is 0.647. The highest BCUT2D eigenvalue weighted by atomic mass is 14.9. The van der Waals surface area contributed by atoms with Crippen molar-refractivity contribution in [1.29, 1.82) is 0 Å². The Hall–Kier alpha value is -1.18. The van der Waals surface area contributed by atoms with E-state index in [-0.39, 0.29) is 0 Å². The largest absolute Gasteiger partial charge is 0.397 e. The molecule has 0 radical (unpaired) electrons. The average molecular weight is 182 g/mol. The quantitative estimate of drug-likeness (QED) is 0.641. The first-order valence-electron chi connectivity index (χ1n) is 4.74. The van der Waals surface area contributed by atoms with E-state index < -0.39 is 0 Å². The summed E-state index contributed by atoms with van der Waals surface area (Å²) in [5.41, 5.74) is 7.11. The van der Waals surface area contributed by atoms with Crippen LogP contribution in [0.4, 0.5) is 0 Å². The number of nitrogens with one attached hydrogen (secondary N) is 1. The van der Waals surface area contributed by atoms with E-state index >= 15 is 0 Å². The molecule has 2 heteroatoms. The van der Waals surface area contributed by atoms with Gasteiger partial charge in [0.05, 0.1) is 11.4 Å². The number of rotatable bonds is 5. The summed E-state index contributed by atoms with van der Waals surface area (Å²) in [7, 11) is 0. The van der Waals surface area contributed by atoms with Crippen molar-refractivity contribution >= 4 is 0 Å². The molecule has 0 aliphatic carbocycles. The summed E-state index contributed by atoms with van der Waals surface area (Å²) in [6.45, 7) is 14.2. The maximum absolute atomic E-state index is 5.60. The maximum Gasteiger partial charge on any atom is 0.0567 e. The van der Waals surface area contributed by atoms with Gasteiger partial charge in [0.1, 0.15) is 0 Å². The first-order valence-corrected chi connectivity index (χ1v) is 4.74. The number of nitrogens with two attached hydrogens (primary N) is 1. The predicted octanol–water partition coefficient (Wildman–Crippen LogP) is 2.55. The Morgan fingerprint density at radius 1 is 1.31 bits per heavy atom. The third kappa shape index (κ3) is 7.19.